The molecule has 0 bridgehead atoms. The van der Waals surface area contributed by atoms with Gasteiger partial charge in [-0.3, -0.25) is 0 Å². The third-order valence-electron chi connectivity index (χ3n) is 2.61. The van der Waals surface area contributed by atoms with Crippen molar-refractivity contribution in [2.75, 3.05) is 6.54 Å². The zero-order valence-corrected chi connectivity index (χ0v) is 11.0. The van der Waals surface area contributed by atoms with Crippen LogP contribution in [0.5, 0.6) is 0 Å². The van der Waals surface area contributed by atoms with Crippen molar-refractivity contribution in [1.82, 2.24) is 10.1 Å². The van der Waals surface area contributed by atoms with Gasteiger partial charge in [-0.25, -0.2) is 4.39 Å². The molecular formula is C12H13ClFN3O2. The second-order valence-electron chi connectivity index (χ2n) is 4.51. The van der Waals surface area contributed by atoms with Crippen LogP contribution in [0.25, 0.3) is 11.4 Å². The third kappa shape index (κ3) is 3.28. The Morgan fingerprint density at radius 1 is 1.53 bits per heavy atom. The molecule has 0 saturated heterocycles. The van der Waals surface area contributed by atoms with Crippen molar-refractivity contribution in [1.29, 1.82) is 0 Å². The number of rotatable bonds is 4. The lowest BCUT2D eigenvalue weighted by Gasteiger charge is -2.17. The maximum Gasteiger partial charge on any atom is 0.229 e. The fourth-order valence-electron chi connectivity index (χ4n) is 1.50. The van der Waals surface area contributed by atoms with Crippen LogP contribution in [0.4, 0.5) is 4.39 Å². The summed E-state index contributed by atoms with van der Waals surface area (Å²) in [6, 6.07) is 3.89. The minimum Gasteiger partial charge on any atom is -0.388 e. The molecule has 1 heterocycles. The highest BCUT2D eigenvalue weighted by atomic mass is 35.5. The molecule has 0 aliphatic heterocycles. The van der Waals surface area contributed by atoms with Gasteiger partial charge in [-0.1, -0.05) is 16.8 Å². The molecule has 2 rings (SSSR count). The summed E-state index contributed by atoms with van der Waals surface area (Å²) in [6.45, 7) is 1.64. The van der Waals surface area contributed by atoms with Crippen LogP contribution in [-0.4, -0.2) is 27.4 Å². The van der Waals surface area contributed by atoms with E-state index in [-0.39, 0.29) is 29.7 Å². The largest absolute Gasteiger partial charge is 0.388 e. The Hall–Kier alpha value is -1.50. The van der Waals surface area contributed by atoms with Crippen LogP contribution in [-0.2, 0) is 6.42 Å². The Morgan fingerprint density at radius 3 is 2.89 bits per heavy atom. The van der Waals surface area contributed by atoms with E-state index in [2.05, 4.69) is 10.1 Å². The van der Waals surface area contributed by atoms with Gasteiger partial charge in [0, 0.05) is 12.1 Å². The van der Waals surface area contributed by atoms with Crippen LogP contribution in [0, 0.1) is 5.82 Å². The average molecular weight is 286 g/mol. The number of hydrogen-bond donors (Lipinski definition) is 2. The van der Waals surface area contributed by atoms with E-state index in [1.54, 1.807) is 6.92 Å². The van der Waals surface area contributed by atoms with Gasteiger partial charge >= 0.3 is 0 Å². The van der Waals surface area contributed by atoms with Crippen molar-refractivity contribution < 1.29 is 14.0 Å². The molecular weight excluding hydrogens is 273 g/mol. The molecule has 0 fully saturated rings. The summed E-state index contributed by atoms with van der Waals surface area (Å²) in [4.78, 5) is 4.10. The summed E-state index contributed by atoms with van der Waals surface area (Å²) in [7, 11) is 0. The highest BCUT2D eigenvalue weighted by molar-refractivity contribution is 6.33. The van der Waals surface area contributed by atoms with Gasteiger partial charge in [0.2, 0.25) is 11.7 Å². The quantitative estimate of drug-likeness (QED) is 0.894. The molecule has 19 heavy (non-hydrogen) atoms. The molecule has 0 aliphatic carbocycles. The van der Waals surface area contributed by atoms with Gasteiger partial charge < -0.3 is 15.4 Å². The second kappa shape index (κ2) is 5.24. The topological polar surface area (TPSA) is 85.2 Å². The molecule has 5 nitrogen and oxygen atoms in total. The molecule has 1 atom stereocenters. The van der Waals surface area contributed by atoms with Crippen LogP contribution in [0.2, 0.25) is 5.02 Å². The number of benzene rings is 1. The molecule has 102 valence electrons. The van der Waals surface area contributed by atoms with E-state index >= 15 is 0 Å². The third-order valence-corrected chi connectivity index (χ3v) is 2.92. The zero-order chi connectivity index (χ0) is 14.0. The number of nitrogens with two attached hydrogens (primary N) is 1. The normalized spacial score (nSPS) is 14.4. The molecule has 1 aromatic carbocycles. The lowest BCUT2D eigenvalue weighted by molar-refractivity contribution is 0.0610. The molecule has 0 saturated carbocycles. The summed E-state index contributed by atoms with van der Waals surface area (Å²) in [6.07, 6.45) is 0.134. The fourth-order valence-corrected chi connectivity index (χ4v) is 1.76. The smallest absolute Gasteiger partial charge is 0.229 e. The van der Waals surface area contributed by atoms with Crippen molar-refractivity contribution in [3.05, 3.63) is 34.9 Å². The van der Waals surface area contributed by atoms with Gasteiger partial charge in [0.15, 0.2) is 0 Å². The average Bonchev–Trinajstić information content (AvgIpc) is 2.76. The van der Waals surface area contributed by atoms with E-state index < -0.39 is 11.4 Å². The van der Waals surface area contributed by atoms with E-state index in [0.29, 0.717) is 5.56 Å². The van der Waals surface area contributed by atoms with Gasteiger partial charge in [-0.05, 0) is 25.1 Å². The summed E-state index contributed by atoms with van der Waals surface area (Å²) in [5, 5.41) is 13.8. The first-order valence-electron chi connectivity index (χ1n) is 5.62. The molecule has 3 N–H and O–H groups in total. The van der Waals surface area contributed by atoms with Crippen molar-refractivity contribution in [3.8, 4) is 11.4 Å². The van der Waals surface area contributed by atoms with Crippen LogP contribution in [0.15, 0.2) is 22.7 Å². The highest BCUT2D eigenvalue weighted by Crippen LogP contribution is 2.26. The van der Waals surface area contributed by atoms with Gasteiger partial charge in [0.1, 0.15) is 5.82 Å². The Labute approximate surface area is 114 Å². The van der Waals surface area contributed by atoms with Gasteiger partial charge in [-0.2, -0.15) is 4.98 Å². The predicted octanol–water partition coefficient (Wildman–Crippen LogP) is 1.78. The monoisotopic (exact) mass is 285 g/mol. The molecule has 2 aromatic rings. The van der Waals surface area contributed by atoms with Crippen molar-refractivity contribution in [2.24, 2.45) is 5.73 Å². The Morgan fingerprint density at radius 2 is 2.26 bits per heavy atom. The number of aliphatic hydroxyl groups is 1. The summed E-state index contributed by atoms with van der Waals surface area (Å²) < 4.78 is 18.0. The maximum absolute atomic E-state index is 12.9. The highest BCUT2D eigenvalue weighted by Gasteiger charge is 2.23. The number of aromatic nitrogens is 2. The Kier molecular flexibility index (Phi) is 3.84. The molecule has 1 aromatic heterocycles. The van der Waals surface area contributed by atoms with Crippen LogP contribution < -0.4 is 5.73 Å². The van der Waals surface area contributed by atoms with Crippen molar-refractivity contribution in [2.45, 2.75) is 18.9 Å². The summed E-state index contributed by atoms with van der Waals surface area (Å²) in [5.74, 6) is 0.0437. The Bertz CT molecular complexity index is 586. The van der Waals surface area contributed by atoms with E-state index in [1.165, 1.54) is 18.2 Å². The molecule has 0 aliphatic rings. The SMILES string of the molecule is CC(O)(CN)Cc1nc(-c2ccc(F)cc2Cl)no1. The first-order valence-corrected chi connectivity index (χ1v) is 5.99. The number of hydrogen-bond acceptors (Lipinski definition) is 5. The van der Waals surface area contributed by atoms with Gasteiger partial charge in [-0.15, -0.1) is 0 Å². The van der Waals surface area contributed by atoms with Gasteiger partial charge in [0.25, 0.3) is 0 Å². The Balaban J connectivity index is 2.26. The standard InChI is InChI=1S/C12H13ClFN3O2/c1-12(18,6-15)5-10-16-11(17-19-10)8-3-2-7(14)4-9(8)13/h2-4,18H,5-6,15H2,1H3. The first-order chi connectivity index (χ1) is 8.91. The minimum absolute atomic E-state index is 0.0714. The van der Waals surface area contributed by atoms with Crippen LogP contribution in [0.1, 0.15) is 12.8 Å². The lowest BCUT2D eigenvalue weighted by Crippen LogP contribution is -2.36. The van der Waals surface area contributed by atoms with Crippen molar-refractivity contribution in [3.63, 3.8) is 0 Å². The summed E-state index contributed by atoms with van der Waals surface area (Å²) in [5.41, 5.74) is 4.76. The maximum atomic E-state index is 12.9. The van der Waals surface area contributed by atoms with E-state index in [9.17, 15) is 9.50 Å². The molecule has 0 amide bonds. The zero-order valence-electron chi connectivity index (χ0n) is 10.2. The van der Waals surface area contributed by atoms with Crippen LogP contribution >= 0.6 is 11.6 Å². The lowest BCUT2D eigenvalue weighted by atomic mass is 10.0. The van der Waals surface area contributed by atoms with Crippen LogP contribution in [0.3, 0.4) is 0 Å². The first kappa shape index (κ1) is 13.9. The minimum atomic E-state index is -1.11. The van der Waals surface area contributed by atoms with E-state index in [4.69, 9.17) is 21.9 Å². The van der Waals surface area contributed by atoms with Gasteiger partial charge in [0.05, 0.1) is 17.0 Å². The predicted molar refractivity (Wildman–Crippen MR) is 68.1 cm³/mol. The molecule has 0 radical (unpaired) electrons. The molecule has 7 heteroatoms. The second-order valence-corrected chi connectivity index (χ2v) is 4.92. The van der Waals surface area contributed by atoms with Crippen molar-refractivity contribution >= 4 is 11.6 Å². The molecule has 0 spiro atoms. The van der Waals surface area contributed by atoms with E-state index in [0.717, 1.165) is 0 Å². The number of nitrogens with zero attached hydrogens (tertiary/aromatic N) is 2. The van der Waals surface area contributed by atoms with E-state index in [1.807, 2.05) is 0 Å². The summed E-state index contributed by atoms with van der Waals surface area (Å²) >= 11 is 5.90. The number of halogens is 2. The fraction of sp³-hybridized carbons (Fsp3) is 0.333. The molecule has 1 unspecified atom stereocenters.